The van der Waals surface area contributed by atoms with Gasteiger partial charge in [0, 0.05) is 12.2 Å². The number of carbonyl (C=O) groups is 1. The zero-order valence-electron chi connectivity index (χ0n) is 11.4. The van der Waals surface area contributed by atoms with E-state index < -0.39 is 5.97 Å². The van der Waals surface area contributed by atoms with Gasteiger partial charge in [0.15, 0.2) is 0 Å². The summed E-state index contributed by atoms with van der Waals surface area (Å²) in [5.41, 5.74) is 1.65. The fraction of sp³-hybridized carbons (Fsp3) is 0.125. The van der Waals surface area contributed by atoms with Crippen molar-refractivity contribution in [1.82, 2.24) is 0 Å². The van der Waals surface area contributed by atoms with Crippen molar-refractivity contribution in [3.8, 4) is 6.07 Å². The molecule has 2 rings (SSSR count). The highest BCUT2D eigenvalue weighted by Crippen LogP contribution is 2.29. The molecule has 2 aromatic carbocycles. The van der Waals surface area contributed by atoms with Gasteiger partial charge in [-0.3, -0.25) is 0 Å². The second-order valence-electron chi connectivity index (χ2n) is 4.37. The Kier molecular flexibility index (Phi) is 4.19. The highest BCUT2D eigenvalue weighted by Gasteiger charge is 2.14. The molecule has 1 N–H and O–H groups in total. The van der Waals surface area contributed by atoms with Gasteiger partial charge in [0.1, 0.15) is 11.9 Å². The van der Waals surface area contributed by atoms with Crippen LogP contribution in [0.3, 0.4) is 0 Å². The molecule has 0 aliphatic heterocycles. The summed E-state index contributed by atoms with van der Waals surface area (Å²) in [6.07, 6.45) is 0. The topological polar surface area (TPSA) is 64.3 Å². The van der Waals surface area contributed by atoms with E-state index in [-0.39, 0.29) is 16.9 Å². The maximum Gasteiger partial charge on any atom is 0.335 e. The van der Waals surface area contributed by atoms with E-state index in [0.29, 0.717) is 12.2 Å². The third-order valence-electron chi connectivity index (χ3n) is 3.11. The molecule has 0 spiro atoms. The molecule has 0 aromatic heterocycles. The van der Waals surface area contributed by atoms with Gasteiger partial charge < -0.3 is 10.0 Å². The molecule has 0 atom stereocenters. The highest BCUT2D eigenvalue weighted by molar-refractivity contribution is 5.89. The standard InChI is InChI=1S/C16H13FN2O2/c1-2-19(14-6-4-13(17)5-7-14)15-8-3-11(16(20)21)9-12(15)10-18/h3-9H,2H2,1H3,(H,20,21). The Morgan fingerprint density at radius 3 is 2.48 bits per heavy atom. The molecule has 4 nitrogen and oxygen atoms in total. The van der Waals surface area contributed by atoms with Gasteiger partial charge in [-0.1, -0.05) is 0 Å². The molecule has 0 aliphatic rings. The van der Waals surface area contributed by atoms with Crippen molar-refractivity contribution in [2.45, 2.75) is 6.92 Å². The van der Waals surface area contributed by atoms with Gasteiger partial charge in [-0.05, 0) is 49.4 Å². The average molecular weight is 284 g/mol. The highest BCUT2D eigenvalue weighted by atomic mass is 19.1. The Balaban J connectivity index is 2.50. The number of aromatic carboxylic acids is 1. The van der Waals surface area contributed by atoms with Crippen LogP contribution in [0.15, 0.2) is 42.5 Å². The molecule has 21 heavy (non-hydrogen) atoms. The summed E-state index contributed by atoms with van der Waals surface area (Å²) in [6.45, 7) is 2.46. The molecule has 0 aliphatic carbocycles. The number of nitrogens with zero attached hydrogens (tertiary/aromatic N) is 2. The molecule has 106 valence electrons. The Bertz CT molecular complexity index is 705. The van der Waals surface area contributed by atoms with Crippen molar-refractivity contribution in [3.63, 3.8) is 0 Å². The van der Waals surface area contributed by atoms with E-state index in [9.17, 15) is 14.4 Å². The molecule has 0 heterocycles. The van der Waals surface area contributed by atoms with E-state index in [1.807, 2.05) is 17.9 Å². The van der Waals surface area contributed by atoms with Crippen LogP contribution in [0.5, 0.6) is 0 Å². The summed E-state index contributed by atoms with van der Waals surface area (Å²) in [4.78, 5) is 12.8. The first kappa shape index (κ1) is 14.5. The number of anilines is 2. The number of halogens is 1. The first-order chi connectivity index (χ1) is 10.1. The normalized spacial score (nSPS) is 9.95. The third kappa shape index (κ3) is 3.00. The summed E-state index contributed by atoms with van der Waals surface area (Å²) < 4.78 is 13.0. The number of rotatable bonds is 4. The van der Waals surface area contributed by atoms with Gasteiger partial charge in [0.05, 0.1) is 16.8 Å². The van der Waals surface area contributed by atoms with Crippen LogP contribution in [0.2, 0.25) is 0 Å². The number of benzene rings is 2. The monoisotopic (exact) mass is 284 g/mol. The first-order valence-electron chi connectivity index (χ1n) is 6.37. The fourth-order valence-corrected chi connectivity index (χ4v) is 2.11. The Labute approximate surface area is 121 Å². The van der Waals surface area contributed by atoms with E-state index in [4.69, 9.17) is 5.11 Å². The van der Waals surface area contributed by atoms with Crippen molar-refractivity contribution in [2.24, 2.45) is 0 Å². The molecular formula is C16H13FN2O2. The number of nitriles is 1. The van der Waals surface area contributed by atoms with Crippen LogP contribution in [0, 0.1) is 17.1 Å². The van der Waals surface area contributed by atoms with Gasteiger partial charge >= 0.3 is 5.97 Å². The smallest absolute Gasteiger partial charge is 0.335 e. The molecule has 0 bridgehead atoms. The van der Waals surface area contributed by atoms with Crippen molar-refractivity contribution in [1.29, 1.82) is 5.26 Å². The van der Waals surface area contributed by atoms with E-state index in [0.717, 1.165) is 5.69 Å². The predicted molar refractivity (Wildman–Crippen MR) is 77.2 cm³/mol. The lowest BCUT2D eigenvalue weighted by atomic mass is 10.1. The minimum atomic E-state index is -1.08. The van der Waals surface area contributed by atoms with E-state index in [2.05, 4.69) is 0 Å². The number of hydrogen-bond donors (Lipinski definition) is 1. The van der Waals surface area contributed by atoms with Crippen molar-refractivity contribution in [2.75, 3.05) is 11.4 Å². The minimum Gasteiger partial charge on any atom is -0.478 e. The molecule has 0 saturated carbocycles. The Morgan fingerprint density at radius 2 is 1.95 bits per heavy atom. The first-order valence-corrected chi connectivity index (χ1v) is 6.37. The fourth-order valence-electron chi connectivity index (χ4n) is 2.11. The van der Waals surface area contributed by atoms with Crippen LogP contribution in [0.1, 0.15) is 22.8 Å². The maximum absolute atomic E-state index is 13.0. The van der Waals surface area contributed by atoms with E-state index in [1.54, 1.807) is 18.2 Å². The summed E-state index contributed by atoms with van der Waals surface area (Å²) in [5, 5.41) is 18.2. The number of hydrogen-bond acceptors (Lipinski definition) is 3. The molecule has 2 aromatic rings. The summed E-state index contributed by atoms with van der Waals surface area (Å²) in [5.74, 6) is -1.42. The third-order valence-corrected chi connectivity index (χ3v) is 3.11. The Hall–Kier alpha value is -2.87. The van der Waals surface area contributed by atoms with Crippen LogP contribution >= 0.6 is 0 Å². The molecule has 0 unspecified atom stereocenters. The van der Waals surface area contributed by atoms with Gasteiger partial charge in [0.2, 0.25) is 0 Å². The predicted octanol–water partition coefficient (Wildman–Crippen LogP) is 3.55. The number of carboxylic acid groups (broad SMARTS) is 1. The molecule has 5 heteroatoms. The average Bonchev–Trinajstić information content (AvgIpc) is 2.50. The zero-order chi connectivity index (χ0) is 15.4. The lowest BCUT2D eigenvalue weighted by Gasteiger charge is -2.24. The molecular weight excluding hydrogens is 271 g/mol. The summed E-state index contributed by atoms with van der Waals surface area (Å²) in [7, 11) is 0. The quantitative estimate of drug-likeness (QED) is 0.932. The maximum atomic E-state index is 13.0. The van der Waals surface area contributed by atoms with Crippen LogP contribution in [-0.4, -0.2) is 17.6 Å². The molecule has 0 amide bonds. The zero-order valence-corrected chi connectivity index (χ0v) is 11.4. The lowest BCUT2D eigenvalue weighted by Crippen LogP contribution is -2.17. The van der Waals surface area contributed by atoms with Gasteiger partial charge in [-0.2, -0.15) is 5.26 Å². The second kappa shape index (κ2) is 6.06. The molecule has 0 fully saturated rings. The molecule has 0 radical (unpaired) electrons. The summed E-state index contributed by atoms with van der Waals surface area (Å²) >= 11 is 0. The molecule has 0 saturated heterocycles. The SMILES string of the molecule is CCN(c1ccc(F)cc1)c1ccc(C(=O)O)cc1C#N. The van der Waals surface area contributed by atoms with Crippen molar-refractivity contribution < 1.29 is 14.3 Å². The van der Waals surface area contributed by atoms with Crippen LogP contribution in [-0.2, 0) is 0 Å². The largest absolute Gasteiger partial charge is 0.478 e. The van der Waals surface area contributed by atoms with Crippen LogP contribution < -0.4 is 4.90 Å². The van der Waals surface area contributed by atoms with E-state index in [1.165, 1.54) is 24.3 Å². The van der Waals surface area contributed by atoms with Gasteiger partial charge in [-0.25, -0.2) is 9.18 Å². The van der Waals surface area contributed by atoms with Gasteiger partial charge in [-0.15, -0.1) is 0 Å². The van der Waals surface area contributed by atoms with Crippen molar-refractivity contribution in [3.05, 3.63) is 59.4 Å². The number of carboxylic acids is 1. The minimum absolute atomic E-state index is 0.0606. The second-order valence-corrected chi connectivity index (χ2v) is 4.37. The van der Waals surface area contributed by atoms with Crippen LogP contribution in [0.4, 0.5) is 15.8 Å². The van der Waals surface area contributed by atoms with Crippen molar-refractivity contribution >= 4 is 17.3 Å². The van der Waals surface area contributed by atoms with Crippen LogP contribution in [0.25, 0.3) is 0 Å². The van der Waals surface area contributed by atoms with Gasteiger partial charge in [0.25, 0.3) is 0 Å². The summed E-state index contributed by atoms with van der Waals surface area (Å²) in [6, 6.07) is 12.3. The Morgan fingerprint density at radius 1 is 1.29 bits per heavy atom. The lowest BCUT2D eigenvalue weighted by molar-refractivity contribution is 0.0697. The van der Waals surface area contributed by atoms with E-state index >= 15 is 0 Å².